The van der Waals surface area contributed by atoms with Gasteiger partial charge < -0.3 is 26.4 Å². The second kappa shape index (κ2) is 11.0. The van der Waals surface area contributed by atoms with Gasteiger partial charge in [-0.25, -0.2) is 0 Å². The normalized spacial score (nSPS) is 24.0. The maximum Gasteiger partial charge on any atom is 0.336 e. The van der Waals surface area contributed by atoms with Gasteiger partial charge in [0.2, 0.25) is 0 Å². The van der Waals surface area contributed by atoms with E-state index in [2.05, 4.69) is 0 Å². The minimum Gasteiger partial charge on any atom is -0.481 e. The van der Waals surface area contributed by atoms with E-state index in [1.54, 1.807) is 0 Å². The third-order valence-electron chi connectivity index (χ3n) is 2.72. The van der Waals surface area contributed by atoms with E-state index in [4.69, 9.17) is 26.4 Å². The van der Waals surface area contributed by atoms with Crippen LogP contribution in [0.3, 0.4) is 0 Å². The van der Waals surface area contributed by atoms with Crippen LogP contribution >= 0.6 is 7.60 Å². The molecule has 0 bridgehead atoms. The van der Waals surface area contributed by atoms with Crippen molar-refractivity contribution in [1.29, 1.82) is 0 Å². The topological polar surface area (TPSA) is 147 Å². The molecule has 1 fully saturated rings. The van der Waals surface area contributed by atoms with Crippen molar-refractivity contribution in [2.45, 2.75) is 50.6 Å². The molecule has 0 spiro atoms. The van der Waals surface area contributed by atoms with Crippen LogP contribution in [0.2, 0.25) is 0 Å². The molecule has 118 valence electrons. The molecule has 0 unspecified atom stereocenters. The van der Waals surface area contributed by atoms with Crippen LogP contribution in [0.1, 0.15) is 38.5 Å². The molecule has 1 rings (SSSR count). The molecule has 2 atom stereocenters. The van der Waals surface area contributed by atoms with Crippen molar-refractivity contribution in [1.82, 2.24) is 0 Å². The first-order valence-electron chi connectivity index (χ1n) is 6.00. The van der Waals surface area contributed by atoms with E-state index in [9.17, 15) is 9.36 Å². The van der Waals surface area contributed by atoms with Crippen LogP contribution in [0.4, 0.5) is 0 Å². The molecule has 0 aromatic rings. The molecular weight excluding hydrogens is 454 g/mol. The number of hydrogen-bond donors (Lipinski definition) is 5. The maximum atomic E-state index is 9.76. The number of carbonyl (C=O) groups is 1. The molecular formula is C10H23N2O5PPt. The van der Waals surface area contributed by atoms with E-state index < -0.39 is 19.7 Å². The molecule has 0 aromatic heterocycles. The Kier molecular flexibility index (Phi) is 12.4. The molecule has 0 aromatic carbocycles. The first-order valence-corrected chi connectivity index (χ1v) is 7.79. The van der Waals surface area contributed by atoms with E-state index in [0.717, 1.165) is 12.8 Å². The van der Waals surface area contributed by atoms with E-state index >= 15 is 0 Å². The smallest absolute Gasteiger partial charge is 0.336 e. The van der Waals surface area contributed by atoms with Gasteiger partial charge in [0.1, 0.15) is 6.16 Å². The minimum absolute atomic E-state index is 0. The zero-order chi connectivity index (χ0) is 14.2. The molecule has 1 aliphatic carbocycles. The predicted octanol–water partition coefficient (Wildman–Crippen LogP) is 0.241. The fourth-order valence-electron chi connectivity index (χ4n) is 1.72. The number of rotatable bonds is 2. The molecule has 1 aliphatic rings. The van der Waals surface area contributed by atoms with Gasteiger partial charge in [0.05, 0.1) is 0 Å². The van der Waals surface area contributed by atoms with Crippen LogP contribution in [0.25, 0.3) is 0 Å². The van der Waals surface area contributed by atoms with Gasteiger partial charge in [-0.2, -0.15) is 0 Å². The molecule has 19 heavy (non-hydrogen) atoms. The Morgan fingerprint density at radius 2 is 1.42 bits per heavy atom. The number of aliphatic carboxylic acids is 1. The van der Waals surface area contributed by atoms with Gasteiger partial charge in [0.15, 0.2) is 0 Å². The van der Waals surface area contributed by atoms with Crippen molar-refractivity contribution in [2.24, 2.45) is 11.5 Å². The van der Waals surface area contributed by atoms with Crippen LogP contribution in [0.5, 0.6) is 0 Å². The average Bonchev–Trinajstić information content (AvgIpc) is 2.17. The van der Waals surface area contributed by atoms with Crippen molar-refractivity contribution in [3.8, 4) is 0 Å². The molecule has 0 aliphatic heterocycles. The summed E-state index contributed by atoms with van der Waals surface area (Å²) in [4.78, 5) is 25.4. The van der Waals surface area contributed by atoms with E-state index in [1.807, 2.05) is 0 Å². The standard InChI is InChI=1S/C8H18N2.C2H5O5P.Pt/c9-7-5-3-1-2-4-6-8(7)10;3-2(4)1-8(5,6)7;/h7-8H,1-6,9-10H2;1H2,(H,3,4)(H2,5,6,7);/t7-,8-;;/m1../s1. The van der Waals surface area contributed by atoms with Crippen molar-refractivity contribution in [3.05, 3.63) is 0 Å². The molecule has 7 N–H and O–H groups in total. The molecule has 7 nitrogen and oxygen atoms in total. The zero-order valence-corrected chi connectivity index (χ0v) is 13.8. The Morgan fingerprint density at radius 3 is 1.63 bits per heavy atom. The Labute approximate surface area is 127 Å². The van der Waals surface area contributed by atoms with Gasteiger partial charge in [-0.05, 0) is 12.8 Å². The third kappa shape index (κ3) is 14.4. The summed E-state index contributed by atoms with van der Waals surface area (Å²) in [7, 11) is -4.32. The molecule has 0 saturated heterocycles. The quantitative estimate of drug-likeness (QED) is 0.358. The summed E-state index contributed by atoms with van der Waals surface area (Å²) in [6.45, 7) is 0. The number of hydrogen-bond acceptors (Lipinski definition) is 4. The van der Waals surface area contributed by atoms with Crippen molar-refractivity contribution in [2.75, 3.05) is 6.16 Å². The van der Waals surface area contributed by atoms with Crippen LogP contribution < -0.4 is 11.5 Å². The van der Waals surface area contributed by atoms with Gasteiger partial charge in [-0.15, -0.1) is 0 Å². The third-order valence-corrected chi connectivity index (χ3v) is 3.40. The fraction of sp³-hybridized carbons (Fsp3) is 0.900. The summed E-state index contributed by atoms with van der Waals surface area (Å²) in [6, 6.07) is 0.528. The van der Waals surface area contributed by atoms with Gasteiger partial charge in [0, 0.05) is 33.1 Å². The summed E-state index contributed by atoms with van der Waals surface area (Å²) in [5, 5.41) is 7.76. The monoisotopic (exact) mass is 477 g/mol. The van der Waals surface area contributed by atoms with Crippen LogP contribution in [0.15, 0.2) is 0 Å². The summed E-state index contributed by atoms with van der Waals surface area (Å²) in [6.07, 6.45) is 6.40. The summed E-state index contributed by atoms with van der Waals surface area (Å²) < 4.78 is 9.76. The predicted molar refractivity (Wildman–Crippen MR) is 68.2 cm³/mol. The van der Waals surface area contributed by atoms with Crippen LogP contribution in [0, 0.1) is 0 Å². The SMILES string of the molecule is N[C@@H]1CCCCCC[C@H]1N.O=C(O)CP(=O)(O)O.[Pt]. The summed E-state index contributed by atoms with van der Waals surface area (Å²) in [5.74, 6) is -1.49. The van der Waals surface area contributed by atoms with Gasteiger partial charge in [-0.1, -0.05) is 25.7 Å². The van der Waals surface area contributed by atoms with Crippen molar-refractivity contribution in [3.63, 3.8) is 0 Å². The minimum atomic E-state index is -4.32. The maximum absolute atomic E-state index is 9.76. The molecule has 1 saturated carbocycles. The Morgan fingerprint density at radius 1 is 1.05 bits per heavy atom. The van der Waals surface area contributed by atoms with E-state index in [1.165, 1.54) is 25.7 Å². The average molecular weight is 477 g/mol. The second-order valence-corrected chi connectivity index (χ2v) is 6.18. The second-order valence-electron chi connectivity index (χ2n) is 4.54. The number of nitrogens with two attached hydrogens (primary N) is 2. The fourth-order valence-corrected chi connectivity index (χ4v) is 2.07. The molecule has 0 radical (unpaired) electrons. The number of carboxylic acid groups (broad SMARTS) is 1. The van der Waals surface area contributed by atoms with E-state index in [0.29, 0.717) is 0 Å². The van der Waals surface area contributed by atoms with Gasteiger partial charge in [-0.3, -0.25) is 9.36 Å². The summed E-state index contributed by atoms with van der Waals surface area (Å²) >= 11 is 0. The molecule has 0 amide bonds. The number of carboxylic acids is 1. The first kappa shape index (κ1) is 21.5. The Bertz CT molecular complexity index is 288. The van der Waals surface area contributed by atoms with Crippen molar-refractivity contribution >= 4 is 13.6 Å². The Hall–Kier alpha value is 0.228. The zero-order valence-electron chi connectivity index (χ0n) is 10.7. The van der Waals surface area contributed by atoms with Gasteiger partial charge >= 0.3 is 13.6 Å². The van der Waals surface area contributed by atoms with Gasteiger partial charge in [0.25, 0.3) is 0 Å². The van der Waals surface area contributed by atoms with Crippen LogP contribution in [-0.4, -0.2) is 39.1 Å². The molecule has 9 heteroatoms. The largest absolute Gasteiger partial charge is 0.481 e. The summed E-state index contributed by atoms with van der Waals surface area (Å²) in [5.41, 5.74) is 11.6. The first-order chi connectivity index (χ1) is 8.22. The molecule has 0 heterocycles. The van der Waals surface area contributed by atoms with Crippen molar-refractivity contribution < 1.29 is 45.3 Å². The van der Waals surface area contributed by atoms with E-state index in [-0.39, 0.29) is 33.1 Å². The van der Waals surface area contributed by atoms with Crippen LogP contribution in [-0.2, 0) is 30.4 Å². The Balaban J connectivity index is 0.